The fourth-order valence-electron chi connectivity index (χ4n) is 3.15. The average molecular weight is 398 g/mol. The summed E-state index contributed by atoms with van der Waals surface area (Å²) in [5, 5.41) is 17.4. The van der Waals surface area contributed by atoms with Gasteiger partial charge in [0.1, 0.15) is 17.3 Å². The molecule has 0 unspecified atom stereocenters. The molecule has 2 aromatic heterocycles. The summed E-state index contributed by atoms with van der Waals surface area (Å²) in [7, 11) is 3.06. The van der Waals surface area contributed by atoms with Gasteiger partial charge in [0.2, 0.25) is 0 Å². The van der Waals surface area contributed by atoms with Gasteiger partial charge in [-0.25, -0.2) is 4.68 Å². The van der Waals surface area contributed by atoms with E-state index in [4.69, 9.17) is 9.15 Å². The molecular formula is C23H18N4O3. The van der Waals surface area contributed by atoms with Gasteiger partial charge in [-0.1, -0.05) is 30.3 Å². The average Bonchev–Trinajstić information content (AvgIpc) is 3.41. The lowest BCUT2D eigenvalue weighted by molar-refractivity contribution is -0.116. The maximum atomic E-state index is 12.0. The zero-order valence-electron chi connectivity index (χ0n) is 16.4. The van der Waals surface area contributed by atoms with Crippen molar-refractivity contribution < 1.29 is 13.9 Å². The first-order valence-corrected chi connectivity index (χ1v) is 9.20. The van der Waals surface area contributed by atoms with Gasteiger partial charge in [0, 0.05) is 24.2 Å². The number of para-hydroxylation sites is 2. The molecule has 0 aliphatic carbocycles. The van der Waals surface area contributed by atoms with Crippen LogP contribution in [0.1, 0.15) is 5.56 Å². The minimum Gasteiger partial charge on any atom is -0.493 e. The molecule has 1 amide bonds. The molecule has 2 aromatic carbocycles. The number of nitrogens with one attached hydrogen (secondary N) is 1. The summed E-state index contributed by atoms with van der Waals surface area (Å²) < 4.78 is 13.1. The van der Waals surface area contributed by atoms with Crippen molar-refractivity contribution >= 4 is 23.0 Å². The number of likely N-dealkylation sites (N-methyl/N-ethyl adjacent to an activating group) is 1. The number of aromatic nitrogens is 2. The molecule has 0 bridgehead atoms. The Kier molecular flexibility index (Phi) is 5.06. The first-order chi connectivity index (χ1) is 14.6. The molecule has 0 saturated carbocycles. The summed E-state index contributed by atoms with van der Waals surface area (Å²) in [6, 6.07) is 19.0. The highest BCUT2D eigenvalue weighted by Crippen LogP contribution is 2.35. The van der Waals surface area contributed by atoms with Crippen molar-refractivity contribution in [2.24, 2.45) is 0 Å². The largest absolute Gasteiger partial charge is 0.493 e. The number of benzene rings is 2. The molecule has 148 valence electrons. The van der Waals surface area contributed by atoms with Gasteiger partial charge >= 0.3 is 0 Å². The summed E-state index contributed by atoms with van der Waals surface area (Å²) in [4.78, 5) is 12.0. The normalized spacial score (nSPS) is 11.3. The molecule has 0 atom stereocenters. The number of carbonyl (C=O) groups is 1. The fourth-order valence-corrected chi connectivity index (χ4v) is 3.15. The van der Waals surface area contributed by atoms with Crippen molar-refractivity contribution in [3.63, 3.8) is 0 Å². The minimum atomic E-state index is -0.470. The van der Waals surface area contributed by atoms with Gasteiger partial charge in [-0.2, -0.15) is 10.4 Å². The fraction of sp³-hybridized carbons (Fsp3) is 0.0870. The highest BCUT2D eigenvalue weighted by atomic mass is 16.5. The van der Waals surface area contributed by atoms with Gasteiger partial charge in [0.05, 0.1) is 12.8 Å². The van der Waals surface area contributed by atoms with Crippen molar-refractivity contribution in [2.45, 2.75) is 0 Å². The van der Waals surface area contributed by atoms with E-state index in [1.54, 1.807) is 18.0 Å². The van der Waals surface area contributed by atoms with Gasteiger partial charge < -0.3 is 14.5 Å². The van der Waals surface area contributed by atoms with Crippen LogP contribution in [0.15, 0.2) is 70.8 Å². The monoisotopic (exact) mass is 398 g/mol. The smallest absolute Gasteiger partial charge is 0.261 e. The number of furan rings is 1. The van der Waals surface area contributed by atoms with Crippen LogP contribution in [0.4, 0.5) is 0 Å². The lowest BCUT2D eigenvalue weighted by atomic mass is 10.1. The Balaban J connectivity index is 1.92. The molecule has 0 saturated heterocycles. The summed E-state index contributed by atoms with van der Waals surface area (Å²) in [6.45, 7) is 0. The number of hydrogen-bond acceptors (Lipinski definition) is 5. The molecule has 1 N–H and O–H groups in total. The molecule has 0 aliphatic rings. The van der Waals surface area contributed by atoms with E-state index < -0.39 is 5.91 Å². The van der Waals surface area contributed by atoms with Crippen LogP contribution in [0, 0.1) is 11.3 Å². The molecule has 0 aliphatic heterocycles. The Morgan fingerprint density at radius 3 is 2.73 bits per heavy atom. The van der Waals surface area contributed by atoms with Crippen LogP contribution in [0.5, 0.6) is 5.75 Å². The van der Waals surface area contributed by atoms with Gasteiger partial charge in [0.25, 0.3) is 5.91 Å². The Hall–Kier alpha value is -4.31. The zero-order chi connectivity index (χ0) is 21.1. The SMILES string of the molecule is CNC(=O)/C(C#N)=C\c1cn(-c2ccccc2)nc1-c1cc2cccc(OC)c2o1. The molecule has 7 heteroatoms. The van der Waals surface area contributed by atoms with E-state index in [0.717, 1.165) is 11.1 Å². The molecular weight excluding hydrogens is 380 g/mol. The van der Waals surface area contributed by atoms with E-state index in [-0.39, 0.29) is 5.57 Å². The maximum absolute atomic E-state index is 12.0. The van der Waals surface area contributed by atoms with E-state index in [1.165, 1.54) is 13.1 Å². The molecule has 4 rings (SSSR count). The van der Waals surface area contributed by atoms with Gasteiger partial charge in [-0.05, 0) is 30.3 Å². The van der Waals surface area contributed by atoms with Gasteiger partial charge in [-0.15, -0.1) is 0 Å². The Bertz CT molecular complexity index is 1290. The third kappa shape index (κ3) is 3.42. The second-order valence-corrected chi connectivity index (χ2v) is 6.45. The highest BCUT2D eigenvalue weighted by molar-refractivity contribution is 6.02. The van der Waals surface area contributed by atoms with Crippen molar-refractivity contribution in [1.29, 1.82) is 5.26 Å². The number of amides is 1. The number of nitrogens with zero attached hydrogens (tertiary/aromatic N) is 3. The van der Waals surface area contributed by atoms with E-state index in [9.17, 15) is 10.1 Å². The van der Waals surface area contributed by atoms with E-state index in [2.05, 4.69) is 10.4 Å². The number of methoxy groups -OCH3 is 1. The number of nitriles is 1. The van der Waals surface area contributed by atoms with Gasteiger partial charge in [-0.3, -0.25) is 4.79 Å². The number of ether oxygens (including phenoxy) is 1. The van der Waals surface area contributed by atoms with Crippen LogP contribution in [0.2, 0.25) is 0 Å². The zero-order valence-corrected chi connectivity index (χ0v) is 16.4. The van der Waals surface area contributed by atoms with Crippen LogP contribution >= 0.6 is 0 Å². The standard InChI is InChI=1S/C23H18N4O3/c1-25-23(28)16(13-24)11-17-14-27(18-8-4-3-5-9-18)26-21(17)20-12-15-7-6-10-19(29-2)22(15)30-20/h3-12,14H,1-2H3,(H,25,28)/b16-11-. The maximum Gasteiger partial charge on any atom is 0.261 e. The number of rotatable bonds is 5. The van der Waals surface area contributed by atoms with E-state index >= 15 is 0 Å². The lowest BCUT2D eigenvalue weighted by Crippen LogP contribution is -2.19. The van der Waals surface area contributed by atoms with Crippen LogP contribution in [-0.4, -0.2) is 29.8 Å². The van der Waals surface area contributed by atoms with Crippen LogP contribution < -0.4 is 10.1 Å². The van der Waals surface area contributed by atoms with Crippen molar-refractivity contribution in [3.05, 3.63) is 71.9 Å². The molecule has 0 radical (unpaired) electrons. The second-order valence-electron chi connectivity index (χ2n) is 6.45. The Labute approximate surface area is 172 Å². The third-order valence-electron chi connectivity index (χ3n) is 4.62. The molecule has 7 nitrogen and oxygen atoms in total. The summed E-state index contributed by atoms with van der Waals surface area (Å²) >= 11 is 0. The molecule has 30 heavy (non-hydrogen) atoms. The number of carbonyl (C=O) groups excluding carboxylic acids is 1. The number of fused-ring (bicyclic) bond motifs is 1. The Morgan fingerprint density at radius 2 is 2.03 bits per heavy atom. The summed E-state index contributed by atoms with van der Waals surface area (Å²) in [5.41, 5.74) is 2.50. The van der Waals surface area contributed by atoms with Crippen LogP contribution in [0.25, 0.3) is 34.2 Å². The molecule has 2 heterocycles. The third-order valence-corrected chi connectivity index (χ3v) is 4.62. The lowest BCUT2D eigenvalue weighted by Gasteiger charge is -1.99. The van der Waals surface area contributed by atoms with Crippen molar-refractivity contribution in [3.8, 4) is 29.0 Å². The van der Waals surface area contributed by atoms with Crippen molar-refractivity contribution in [1.82, 2.24) is 15.1 Å². The highest BCUT2D eigenvalue weighted by Gasteiger charge is 2.18. The second kappa shape index (κ2) is 7.97. The predicted octanol–water partition coefficient (Wildman–Crippen LogP) is 3.95. The molecule has 4 aromatic rings. The van der Waals surface area contributed by atoms with Gasteiger partial charge in [0.15, 0.2) is 17.1 Å². The number of hydrogen-bond donors (Lipinski definition) is 1. The van der Waals surface area contributed by atoms with E-state index in [1.807, 2.05) is 60.7 Å². The first-order valence-electron chi connectivity index (χ1n) is 9.20. The van der Waals surface area contributed by atoms with Crippen molar-refractivity contribution in [2.75, 3.05) is 14.2 Å². The molecule has 0 fully saturated rings. The van der Waals surface area contributed by atoms with Crippen LogP contribution in [-0.2, 0) is 4.79 Å². The quantitative estimate of drug-likeness (QED) is 0.406. The van der Waals surface area contributed by atoms with E-state index in [0.29, 0.717) is 28.4 Å². The Morgan fingerprint density at radius 1 is 1.23 bits per heavy atom. The predicted molar refractivity (Wildman–Crippen MR) is 113 cm³/mol. The molecule has 0 spiro atoms. The van der Waals surface area contributed by atoms with Crippen LogP contribution in [0.3, 0.4) is 0 Å². The topological polar surface area (TPSA) is 93.1 Å². The first kappa shape index (κ1) is 19.0. The minimum absolute atomic E-state index is 0.0277. The summed E-state index contributed by atoms with van der Waals surface area (Å²) in [5.74, 6) is 0.647. The summed E-state index contributed by atoms with van der Waals surface area (Å²) in [6.07, 6.45) is 3.26.